The minimum Gasteiger partial charge on any atom is -0.393 e. The van der Waals surface area contributed by atoms with Crippen molar-refractivity contribution >= 4 is 5.84 Å². The predicted molar refractivity (Wildman–Crippen MR) is 64.6 cm³/mol. The van der Waals surface area contributed by atoms with Crippen molar-refractivity contribution in [1.29, 1.82) is 0 Å². The summed E-state index contributed by atoms with van der Waals surface area (Å²) in [6.07, 6.45) is -7.68. The summed E-state index contributed by atoms with van der Waals surface area (Å²) in [5.74, 6) is 0.0565. The van der Waals surface area contributed by atoms with Crippen LogP contribution in [0.15, 0.2) is 17.3 Å². The van der Waals surface area contributed by atoms with E-state index in [0.717, 1.165) is 4.90 Å². The molecule has 0 bridgehead atoms. The number of hydrogen-bond acceptors (Lipinski definition) is 7. The van der Waals surface area contributed by atoms with Gasteiger partial charge in [0, 0.05) is 12.6 Å². The third kappa shape index (κ3) is 3.28. The van der Waals surface area contributed by atoms with Crippen LogP contribution in [0.25, 0.3) is 0 Å². The number of rotatable bonds is 3. The molecule has 1 fully saturated rings. The number of ether oxygens (including phenoxy) is 1. The normalized spacial score (nSPS) is 37.0. The van der Waals surface area contributed by atoms with Gasteiger partial charge in [-0.05, 0) is 6.08 Å². The lowest BCUT2D eigenvalue weighted by Gasteiger charge is -2.34. The number of aliphatic hydroxyl groups excluding tert-OH is 3. The van der Waals surface area contributed by atoms with Gasteiger partial charge in [-0.3, -0.25) is 0 Å². The van der Waals surface area contributed by atoms with Crippen molar-refractivity contribution in [2.45, 2.75) is 43.3 Å². The molecule has 1 saturated heterocycles. The molecule has 0 aromatic rings. The summed E-state index contributed by atoms with van der Waals surface area (Å²) in [5, 5.41) is 28.8. The molecule has 0 aromatic carbocycles. The van der Waals surface area contributed by atoms with E-state index in [1.54, 1.807) is 0 Å². The topological polar surface area (TPSA) is 112 Å². The summed E-state index contributed by atoms with van der Waals surface area (Å²) in [5.41, 5.74) is 3.22. The molecule has 5 N–H and O–H groups in total. The Labute approximate surface area is 118 Å². The number of nitrogens with zero attached hydrogens (tertiary/aromatic N) is 2. The van der Waals surface area contributed by atoms with Crippen LogP contribution in [-0.4, -0.2) is 63.1 Å². The molecule has 1 unspecified atom stereocenters. The van der Waals surface area contributed by atoms with Gasteiger partial charge in [-0.2, -0.15) is 13.2 Å². The first-order chi connectivity index (χ1) is 9.67. The van der Waals surface area contributed by atoms with Crippen molar-refractivity contribution in [3.63, 3.8) is 0 Å². The minimum atomic E-state index is -4.61. The summed E-state index contributed by atoms with van der Waals surface area (Å²) in [6.45, 7) is -0.997. The highest BCUT2D eigenvalue weighted by Gasteiger charge is 2.55. The molecule has 4 atom stereocenters. The molecule has 0 aliphatic carbocycles. The second-order valence-electron chi connectivity index (χ2n) is 5.00. The Morgan fingerprint density at radius 1 is 1.48 bits per heavy atom. The molecule has 2 rings (SSSR count). The molecule has 2 aliphatic rings. The second-order valence-corrected chi connectivity index (χ2v) is 5.00. The quantitative estimate of drug-likeness (QED) is 0.545. The van der Waals surface area contributed by atoms with E-state index in [1.807, 2.05) is 0 Å². The third-order valence-electron chi connectivity index (χ3n) is 3.45. The highest BCUT2D eigenvalue weighted by molar-refractivity contribution is 5.91. The Bertz CT molecular complexity index is 456. The van der Waals surface area contributed by atoms with Crippen molar-refractivity contribution in [2.24, 2.45) is 10.7 Å². The van der Waals surface area contributed by atoms with Gasteiger partial charge in [-0.15, -0.1) is 0 Å². The third-order valence-corrected chi connectivity index (χ3v) is 3.45. The molecule has 0 amide bonds. The number of alkyl halides is 3. The monoisotopic (exact) mass is 311 g/mol. The number of halogens is 3. The Morgan fingerprint density at radius 2 is 2.14 bits per heavy atom. The fourth-order valence-corrected chi connectivity index (χ4v) is 2.41. The lowest BCUT2D eigenvalue weighted by Crippen LogP contribution is -2.48. The average Bonchev–Trinajstić information content (AvgIpc) is 2.65. The van der Waals surface area contributed by atoms with Crippen molar-refractivity contribution in [2.75, 3.05) is 6.61 Å². The van der Waals surface area contributed by atoms with E-state index in [4.69, 9.17) is 10.5 Å². The first-order valence-corrected chi connectivity index (χ1v) is 6.17. The first-order valence-electron chi connectivity index (χ1n) is 6.17. The largest absolute Gasteiger partial charge is 0.393 e. The highest BCUT2D eigenvalue weighted by atomic mass is 19.4. The van der Waals surface area contributed by atoms with Gasteiger partial charge in [0.15, 0.2) is 0 Å². The van der Waals surface area contributed by atoms with E-state index < -0.39 is 43.5 Å². The van der Waals surface area contributed by atoms with Crippen molar-refractivity contribution in [3.8, 4) is 0 Å². The Hall–Kier alpha value is -1.36. The Kier molecular flexibility index (Phi) is 4.15. The lowest BCUT2D eigenvalue weighted by molar-refractivity contribution is -0.224. The molecule has 120 valence electrons. The highest BCUT2D eigenvalue weighted by Crippen LogP contribution is 2.41. The van der Waals surface area contributed by atoms with Crippen molar-refractivity contribution in [3.05, 3.63) is 12.3 Å². The number of amidine groups is 1. The Morgan fingerprint density at radius 3 is 2.67 bits per heavy atom. The van der Waals surface area contributed by atoms with Crippen LogP contribution in [0.2, 0.25) is 0 Å². The standard InChI is InChI=1S/C11H16F3N3O4/c12-11(13,14)4-10(5-18)6(19)3-8(21-10)17-2-1-7(15)16-9(17)20/h1-2,6,8-9,18-20H,3-5H2,(H2,15,16)/t6-,8+,9?,10+/m0/s1. The second kappa shape index (κ2) is 5.44. The van der Waals surface area contributed by atoms with Crippen molar-refractivity contribution in [1.82, 2.24) is 4.90 Å². The minimum absolute atomic E-state index is 0.0565. The van der Waals surface area contributed by atoms with Gasteiger partial charge in [-0.1, -0.05) is 0 Å². The molecule has 0 radical (unpaired) electrons. The van der Waals surface area contributed by atoms with Gasteiger partial charge in [-0.25, -0.2) is 4.99 Å². The first kappa shape index (κ1) is 16.0. The van der Waals surface area contributed by atoms with E-state index in [9.17, 15) is 28.5 Å². The summed E-state index contributed by atoms with van der Waals surface area (Å²) in [4.78, 5) is 4.74. The molecule has 10 heteroatoms. The van der Waals surface area contributed by atoms with E-state index in [2.05, 4.69) is 4.99 Å². The van der Waals surface area contributed by atoms with E-state index in [-0.39, 0.29) is 12.3 Å². The van der Waals surface area contributed by atoms with Crippen LogP contribution in [0.5, 0.6) is 0 Å². The molecule has 0 aromatic heterocycles. The number of hydrogen-bond donors (Lipinski definition) is 4. The molecule has 7 nitrogen and oxygen atoms in total. The van der Waals surface area contributed by atoms with Crippen LogP contribution in [0.1, 0.15) is 12.8 Å². The maximum absolute atomic E-state index is 12.6. The van der Waals surface area contributed by atoms with Crippen LogP contribution in [0.3, 0.4) is 0 Å². The number of nitrogens with two attached hydrogens (primary N) is 1. The van der Waals surface area contributed by atoms with Crippen LogP contribution >= 0.6 is 0 Å². The average molecular weight is 311 g/mol. The van der Waals surface area contributed by atoms with Crippen molar-refractivity contribution < 1.29 is 33.2 Å². The van der Waals surface area contributed by atoms with E-state index in [0.29, 0.717) is 0 Å². The van der Waals surface area contributed by atoms with Gasteiger partial charge >= 0.3 is 6.18 Å². The van der Waals surface area contributed by atoms with E-state index >= 15 is 0 Å². The molecular formula is C11H16F3N3O4. The van der Waals surface area contributed by atoms with Crippen LogP contribution in [0.4, 0.5) is 13.2 Å². The van der Waals surface area contributed by atoms with Crippen LogP contribution in [0, 0.1) is 0 Å². The summed E-state index contributed by atoms with van der Waals surface area (Å²) < 4.78 is 43.0. The zero-order chi connectivity index (χ0) is 15.8. The molecule has 2 heterocycles. The summed E-state index contributed by atoms with van der Waals surface area (Å²) >= 11 is 0. The van der Waals surface area contributed by atoms with Crippen LogP contribution in [-0.2, 0) is 4.74 Å². The zero-order valence-electron chi connectivity index (χ0n) is 10.9. The van der Waals surface area contributed by atoms with Crippen LogP contribution < -0.4 is 5.73 Å². The smallest absolute Gasteiger partial charge is 0.392 e. The fraction of sp³-hybridized carbons (Fsp3) is 0.727. The van der Waals surface area contributed by atoms with Gasteiger partial charge in [0.05, 0.1) is 19.1 Å². The molecule has 2 aliphatic heterocycles. The van der Waals surface area contributed by atoms with E-state index in [1.165, 1.54) is 12.3 Å². The van der Waals surface area contributed by atoms with Gasteiger partial charge in [0.25, 0.3) is 0 Å². The maximum Gasteiger partial charge on any atom is 0.392 e. The van der Waals surface area contributed by atoms with Gasteiger partial charge in [0.2, 0.25) is 6.35 Å². The Balaban J connectivity index is 2.15. The SMILES string of the molecule is NC1=NC(O)N([C@H]2C[C@H](O)[C@](CO)(CC(F)(F)F)O2)C=C1. The fourth-order valence-electron chi connectivity index (χ4n) is 2.41. The number of aliphatic hydroxyl groups is 3. The molecule has 21 heavy (non-hydrogen) atoms. The molecular weight excluding hydrogens is 295 g/mol. The number of aliphatic imine (C=N–C) groups is 1. The maximum atomic E-state index is 12.6. The van der Waals surface area contributed by atoms with Gasteiger partial charge < -0.3 is 30.7 Å². The predicted octanol–water partition coefficient (Wildman–Crippen LogP) is -0.760. The van der Waals surface area contributed by atoms with Gasteiger partial charge in [0.1, 0.15) is 17.7 Å². The molecule has 0 saturated carbocycles. The summed E-state index contributed by atoms with van der Waals surface area (Å²) in [7, 11) is 0. The molecule has 0 spiro atoms. The summed E-state index contributed by atoms with van der Waals surface area (Å²) in [6, 6.07) is 0. The lowest BCUT2D eigenvalue weighted by atomic mass is 9.93. The zero-order valence-corrected chi connectivity index (χ0v) is 10.9.